The van der Waals surface area contributed by atoms with Gasteiger partial charge in [-0.25, -0.2) is 13.2 Å². The van der Waals surface area contributed by atoms with Gasteiger partial charge in [0.1, 0.15) is 15.6 Å². The van der Waals surface area contributed by atoms with E-state index in [0.717, 1.165) is 29.9 Å². The Morgan fingerprint density at radius 2 is 2.23 bits per heavy atom. The van der Waals surface area contributed by atoms with Crippen LogP contribution in [0.15, 0.2) is 22.4 Å². The highest BCUT2D eigenvalue weighted by Gasteiger charge is 2.29. The number of ether oxygens (including phenoxy) is 1. The van der Waals surface area contributed by atoms with Crippen molar-refractivity contribution in [3.63, 3.8) is 0 Å². The van der Waals surface area contributed by atoms with Gasteiger partial charge in [0.05, 0.1) is 12.8 Å². The average molecular weight is 341 g/mol. The molecule has 0 unspecified atom stereocenters. The van der Waals surface area contributed by atoms with E-state index in [-0.39, 0.29) is 9.77 Å². The molecule has 1 saturated carbocycles. The standard InChI is InChI=1S/C13H15N3O4S2/c1-16-11(7-9(14-16)8-3-4-8)15-22(18,19)10-5-6-21-12(10)13(17)20-2/h5-8,15H,3-4H2,1-2H3. The van der Waals surface area contributed by atoms with Crippen LogP contribution in [0, 0.1) is 0 Å². The summed E-state index contributed by atoms with van der Waals surface area (Å²) < 4.78 is 33.6. The summed E-state index contributed by atoms with van der Waals surface area (Å²) in [5.74, 6) is 0.138. The molecule has 3 rings (SSSR count). The van der Waals surface area contributed by atoms with E-state index in [1.165, 1.54) is 17.9 Å². The predicted molar refractivity (Wildman–Crippen MR) is 81.7 cm³/mol. The van der Waals surface area contributed by atoms with Crippen LogP contribution in [-0.4, -0.2) is 31.3 Å². The predicted octanol–water partition coefficient (Wildman–Crippen LogP) is 1.95. The number of thiophene rings is 1. The molecule has 0 aromatic carbocycles. The zero-order chi connectivity index (χ0) is 15.9. The first-order valence-corrected chi connectivity index (χ1v) is 9.01. The Bertz CT molecular complexity index is 818. The normalized spacial score (nSPS) is 14.8. The molecule has 0 saturated heterocycles. The van der Waals surface area contributed by atoms with E-state index >= 15 is 0 Å². The molecule has 1 N–H and O–H groups in total. The fourth-order valence-corrected chi connectivity index (χ4v) is 4.52. The van der Waals surface area contributed by atoms with Gasteiger partial charge in [-0.1, -0.05) is 0 Å². The van der Waals surface area contributed by atoms with Crippen LogP contribution in [0.4, 0.5) is 5.82 Å². The molecule has 1 aliphatic carbocycles. The SMILES string of the molecule is COC(=O)c1sccc1S(=O)(=O)Nc1cc(C2CC2)nn1C. The third-order valence-corrected chi connectivity index (χ3v) is 5.84. The first kappa shape index (κ1) is 15.0. The summed E-state index contributed by atoms with van der Waals surface area (Å²) in [6, 6.07) is 3.12. The number of carbonyl (C=O) groups excluding carboxylic acids is 1. The Morgan fingerprint density at radius 3 is 2.86 bits per heavy atom. The molecule has 2 heterocycles. The van der Waals surface area contributed by atoms with Crippen LogP contribution in [0.3, 0.4) is 0 Å². The van der Waals surface area contributed by atoms with Gasteiger partial charge in [-0.15, -0.1) is 11.3 Å². The summed E-state index contributed by atoms with van der Waals surface area (Å²) in [6.07, 6.45) is 2.17. The topological polar surface area (TPSA) is 90.3 Å². The Balaban J connectivity index is 1.91. The maximum absolute atomic E-state index is 12.5. The van der Waals surface area contributed by atoms with E-state index in [9.17, 15) is 13.2 Å². The van der Waals surface area contributed by atoms with Gasteiger partial charge in [-0.2, -0.15) is 5.10 Å². The van der Waals surface area contributed by atoms with Crippen molar-refractivity contribution in [1.82, 2.24) is 9.78 Å². The molecule has 1 aliphatic rings. The van der Waals surface area contributed by atoms with Gasteiger partial charge in [0.25, 0.3) is 10.0 Å². The molecular formula is C13H15N3O4S2. The molecule has 7 nitrogen and oxygen atoms in total. The summed E-state index contributed by atoms with van der Waals surface area (Å²) in [5, 5.41) is 5.85. The zero-order valence-corrected chi connectivity index (χ0v) is 13.7. The van der Waals surface area contributed by atoms with Crippen LogP contribution in [0.2, 0.25) is 0 Å². The lowest BCUT2D eigenvalue weighted by Crippen LogP contribution is -2.17. The van der Waals surface area contributed by atoms with Crippen LogP contribution in [0.5, 0.6) is 0 Å². The van der Waals surface area contributed by atoms with E-state index in [0.29, 0.717) is 11.7 Å². The highest BCUT2D eigenvalue weighted by molar-refractivity contribution is 7.93. The summed E-state index contributed by atoms with van der Waals surface area (Å²) >= 11 is 1.03. The van der Waals surface area contributed by atoms with Gasteiger partial charge in [-0.3, -0.25) is 9.40 Å². The Labute approximate surface area is 132 Å². The van der Waals surface area contributed by atoms with Crippen molar-refractivity contribution in [2.75, 3.05) is 11.8 Å². The molecule has 1 fully saturated rings. The molecule has 22 heavy (non-hydrogen) atoms. The fraction of sp³-hybridized carbons (Fsp3) is 0.385. The number of sulfonamides is 1. The minimum Gasteiger partial charge on any atom is -0.465 e. The lowest BCUT2D eigenvalue weighted by Gasteiger charge is -2.07. The molecule has 0 amide bonds. The van der Waals surface area contributed by atoms with Gasteiger partial charge in [-0.05, 0) is 24.3 Å². The van der Waals surface area contributed by atoms with Crippen molar-refractivity contribution < 1.29 is 17.9 Å². The molecule has 2 aromatic rings. The number of aryl methyl sites for hydroxylation is 1. The lowest BCUT2D eigenvalue weighted by molar-refractivity contribution is 0.0602. The number of hydrogen-bond donors (Lipinski definition) is 1. The monoisotopic (exact) mass is 341 g/mol. The molecule has 2 aromatic heterocycles. The summed E-state index contributed by atoms with van der Waals surface area (Å²) in [7, 11) is -0.975. The number of aromatic nitrogens is 2. The van der Waals surface area contributed by atoms with Crippen molar-refractivity contribution in [3.05, 3.63) is 28.1 Å². The molecule has 0 radical (unpaired) electrons. The molecule has 9 heteroatoms. The van der Waals surface area contributed by atoms with Crippen LogP contribution < -0.4 is 4.72 Å². The average Bonchev–Trinajstić information content (AvgIpc) is 3.08. The maximum atomic E-state index is 12.5. The van der Waals surface area contributed by atoms with Gasteiger partial charge in [0, 0.05) is 19.0 Å². The number of carbonyl (C=O) groups is 1. The number of rotatable bonds is 5. The highest BCUT2D eigenvalue weighted by Crippen LogP contribution is 2.40. The van der Waals surface area contributed by atoms with Crippen molar-refractivity contribution in [2.24, 2.45) is 7.05 Å². The second-order valence-electron chi connectivity index (χ2n) is 5.06. The Kier molecular flexibility index (Phi) is 3.69. The summed E-state index contributed by atoms with van der Waals surface area (Å²) in [6.45, 7) is 0. The maximum Gasteiger partial charge on any atom is 0.349 e. The number of anilines is 1. The number of nitrogens with one attached hydrogen (secondary N) is 1. The molecule has 0 spiro atoms. The first-order valence-electron chi connectivity index (χ1n) is 6.65. The van der Waals surface area contributed by atoms with E-state index in [1.54, 1.807) is 18.5 Å². The molecule has 0 atom stereocenters. The van der Waals surface area contributed by atoms with Crippen LogP contribution in [0.25, 0.3) is 0 Å². The summed E-state index contributed by atoms with van der Waals surface area (Å²) in [4.78, 5) is 11.6. The van der Waals surface area contributed by atoms with Gasteiger partial charge < -0.3 is 4.74 Å². The Morgan fingerprint density at radius 1 is 1.50 bits per heavy atom. The van der Waals surface area contributed by atoms with E-state index < -0.39 is 16.0 Å². The minimum absolute atomic E-state index is 0.0552. The van der Waals surface area contributed by atoms with E-state index in [2.05, 4.69) is 14.6 Å². The second-order valence-corrected chi connectivity index (χ2v) is 7.63. The van der Waals surface area contributed by atoms with Gasteiger partial charge in [0.15, 0.2) is 0 Å². The van der Waals surface area contributed by atoms with Crippen LogP contribution >= 0.6 is 11.3 Å². The quantitative estimate of drug-likeness (QED) is 0.840. The van der Waals surface area contributed by atoms with E-state index in [1.807, 2.05) is 0 Å². The molecular weight excluding hydrogens is 326 g/mol. The largest absolute Gasteiger partial charge is 0.465 e. The number of hydrogen-bond acceptors (Lipinski definition) is 6. The van der Waals surface area contributed by atoms with Crippen LogP contribution in [0.1, 0.15) is 34.1 Å². The van der Waals surface area contributed by atoms with Crippen LogP contribution in [-0.2, 0) is 21.8 Å². The lowest BCUT2D eigenvalue weighted by atomic mass is 10.3. The zero-order valence-electron chi connectivity index (χ0n) is 12.1. The van der Waals surface area contributed by atoms with Gasteiger partial charge >= 0.3 is 5.97 Å². The number of nitrogens with zero attached hydrogens (tertiary/aromatic N) is 2. The number of esters is 1. The van der Waals surface area contributed by atoms with Crippen molar-refractivity contribution in [3.8, 4) is 0 Å². The second kappa shape index (κ2) is 5.40. The third kappa shape index (κ3) is 2.73. The minimum atomic E-state index is -3.87. The number of methoxy groups -OCH3 is 1. The van der Waals surface area contributed by atoms with Crippen molar-refractivity contribution in [2.45, 2.75) is 23.7 Å². The third-order valence-electron chi connectivity index (χ3n) is 3.42. The first-order chi connectivity index (χ1) is 10.4. The Hall–Kier alpha value is -1.87. The molecule has 0 bridgehead atoms. The summed E-state index contributed by atoms with van der Waals surface area (Å²) in [5.41, 5.74) is 0.888. The molecule has 118 valence electrons. The van der Waals surface area contributed by atoms with Gasteiger partial charge in [0.2, 0.25) is 0 Å². The smallest absolute Gasteiger partial charge is 0.349 e. The van der Waals surface area contributed by atoms with Crippen molar-refractivity contribution in [1.29, 1.82) is 0 Å². The van der Waals surface area contributed by atoms with E-state index in [4.69, 9.17) is 0 Å². The fourth-order valence-electron chi connectivity index (χ4n) is 2.11. The highest BCUT2D eigenvalue weighted by atomic mass is 32.2. The van der Waals surface area contributed by atoms with Crippen molar-refractivity contribution >= 4 is 33.1 Å². The molecule has 0 aliphatic heterocycles.